The Morgan fingerprint density at radius 3 is 2.00 bits per heavy atom. The Morgan fingerprint density at radius 1 is 1.00 bits per heavy atom. The molecule has 0 aliphatic carbocycles. The number of rotatable bonds is 11. The Morgan fingerprint density at radius 2 is 1.54 bits per heavy atom. The molecule has 0 bridgehead atoms. The maximum absolute atomic E-state index is 11.9. The van der Waals surface area contributed by atoms with Gasteiger partial charge in [0, 0.05) is 6.54 Å². The van der Waals surface area contributed by atoms with E-state index in [9.17, 15) is 19.5 Å². The molecule has 3 amide bonds. The first kappa shape index (κ1) is 21.6. The van der Waals surface area contributed by atoms with E-state index < -0.39 is 49.1 Å². The molecular weight excluding hydrogens is 322 g/mol. The van der Waals surface area contributed by atoms with Crippen LogP contribution in [-0.2, 0) is 14.4 Å². The monoisotopic (exact) mass is 347 g/mol. The molecule has 0 fully saturated rings. The van der Waals surface area contributed by atoms with E-state index in [0.717, 1.165) is 0 Å². The van der Waals surface area contributed by atoms with Crippen LogP contribution in [0.25, 0.3) is 0 Å². The lowest BCUT2D eigenvalue weighted by Gasteiger charge is -2.21. The smallest absolute Gasteiger partial charge is 0.245 e. The van der Waals surface area contributed by atoms with E-state index in [1.807, 2.05) is 0 Å². The van der Waals surface area contributed by atoms with Crippen LogP contribution in [0, 0.1) is 5.41 Å². The molecule has 24 heavy (non-hydrogen) atoms. The molecule has 0 aromatic carbocycles. The van der Waals surface area contributed by atoms with Crippen molar-refractivity contribution in [1.29, 1.82) is 5.41 Å². The zero-order chi connectivity index (χ0) is 18.7. The minimum absolute atomic E-state index is 0.196. The average Bonchev–Trinajstić information content (AvgIpc) is 2.52. The Balaban J connectivity index is 4.42. The molecule has 0 aliphatic heterocycles. The van der Waals surface area contributed by atoms with E-state index in [1.165, 1.54) is 0 Å². The zero-order valence-electron chi connectivity index (χ0n) is 13.1. The SMILES string of the molecule is N=C(N)NCCC[C@@H](N)C(=O)N[C@H](CO)C(=O)N[C@H](CO)C(N)=O. The van der Waals surface area contributed by atoms with Crippen molar-refractivity contribution in [2.45, 2.75) is 31.0 Å². The van der Waals surface area contributed by atoms with Crippen LogP contribution < -0.4 is 33.2 Å². The molecule has 12 nitrogen and oxygen atoms in total. The highest BCUT2D eigenvalue weighted by atomic mass is 16.3. The van der Waals surface area contributed by atoms with Crippen molar-refractivity contribution in [3.63, 3.8) is 0 Å². The third-order valence-electron chi connectivity index (χ3n) is 3.00. The van der Waals surface area contributed by atoms with Gasteiger partial charge in [-0.25, -0.2) is 0 Å². The highest BCUT2D eigenvalue weighted by molar-refractivity contribution is 5.92. The summed E-state index contributed by atoms with van der Waals surface area (Å²) in [6.45, 7) is -1.08. The summed E-state index contributed by atoms with van der Waals surface area (Å²) in [5.41, 5.74) is 15.7. The third-order valence-corrected chi connectivity index (χ3v) is 3.00. The van der Waals surface area contributed by atoms with Crippen molar-refractivity contribution >= 4 is 23.7 Å². The summed E-state index contributed by atoms with van der Waals surface area (Å²) < 4.78 is 0. The van der Waals surface area contributed by atoms with Crippen LogP contribution >= 0.6 is 0 Å². The van der Waals surface area contributed by atoms with Gasteiger partial charge < -0.3 is 43.4 Å². The lowest BCUT2D eigenvalue weighted by atomic mass is 10.1. The van der Waals surface area contributed by atoms with Gasteiger partial charge in [0.15, 0.2) is 5.96 Å². The first-order valence-electron chi connectivity index (χ1n) is 7.18. The van der Waals surface area contributed by atoms with Crippen LogP contribution in [0.15, 0.2) is 0 Å². The van der Waals surface area contributed by atoms with Crippen molar-refractivity contribution in [3.05, 3.63) is 0 Å². The van der Waals surface area contributed by atoms with Gasteiger partial charge in [-0.3, -0.25) is 19.8 Å². The number of nitrogens with one attached hydrogen (secondary N) is 4. The van der Waals surface area contributed by atoms with Gasteiger partial charge in [-0.1, -0.05) is 0 Å². The van der Waals surface area contributed by atoms with Gasteiger partial charge in [-0.15, -0.1) is 0 Å². The number of aliphatic hydroxyl groups is 2. The van der Waals surface area contributed by atoms with Gasteiger partial charge in [0.1, 0.15) is 12.1 Å². The summed E-state index contributed by atoms with van der Waals surface area (Å²) in [4.78, 5) is 34.7. The minimum Gasteiger partial charge on any atom is -0.394 e. The summed E-state index contributed by atoms with van der Waals surface area (Å²) >= 11 is 0. The topological polar surface area (TPSA) is 230 Å². The first-order valence-corrected chi connectivity index (χ1v) is 7.18. The molecule has 0 unspecified atom stereocenters. The molecule has 0 aromatic rings. The molecule has 0 rings (SSSR count). The third kappa shape index (κ3) is 8.26. The van der Waals surface area contributed by atoms with Crippen molar-refractivity contribution in [2.24, 2.45) is 17.2 Å². The summed E-state index contributed by atoms with van der Waals surface area (Å²) in [5, 5.41) is 32.0. The molecule has 0 saturated carbocycles. The fourth-order valence-electron chi connectivity index (χ4n) is 1.63. The number of hydrogen-bond acceptors (Lipinski definition) is 7. The van der Waals surface area contributed by atoms with Gasteiger partial charge in [-0.05, 0) is 12.8 Å². The summed E-state index contributed by atoms with van der Waals surface area (Å²) in [6.07, 6.45) is 0.713. The van der Waals surface area contributed by atoms with Crippen molar-refractivity contribution < 1.29 is 24.6 Å². The van der Waals surface area contributed by atoms with Crippen LogP contribution in [0.3, 0.4) is 0 Å². The van der Waals surface area contributed by atoms with Crippen LogP contribution in [0.4, 0.5) is 0 Å². The molecule has 0 aromatic heterocycles. The van der Waals surface area contributed by atoms with Gasteiger partial charge in [-0.2, -0.15) is 0 Å². The molecular formula is C12H25N7O5. The largest absolute Gasteiger partial charge is 0.394 e. The molecule has 12 heteroatoms. The number of guanidine groups is 1. The Bertz CT molecular complexity index is 459. The van der Waals surface area contributed by atoms with E-state index in [4.69, 9.17) is 27.7 Å². The Kier molecular flexibility index (Phi) is 10.0. The van der Waals surface area contributed by atoms with E-state index in [1.54, 1.807) is 0 Å². The molecule has 0 saturated heterocycles. The van der Waals surface area contributed by atoms with Crippen LogP contribution in [-0.4, -0.2) is 71.8 Å². The number of primary amides is 1. The number of nitrogens with two attached hydrogens (primary N) is 3. The van der Waals surface area contributed by atoms with Crippen molar-refractivity contribution in [2.75, 3.05) is 19.8 Å². The molecule has 0 heterocycles. The van der Waals surface area contributed by atoms with Crippen LogP contribution in [0.2, 0.25) is 0 Å². The molecule has 12 N–H and O–H groups in total. The molecule has 138 valence electrons. The lowest BCUT2D eigenvalue weighted by molar-refractivity contribution is -0.133. The molecule has 0 spiro atoms. The number of aliphatic hydroxyl groups excluding tert-OH is 2. The average molecular weight is 347 g/mol. The van der Waals surface area contributed by atoms with E-state index in [2.05, 4.69) is 16.0 Å². The number of carbonyl (C=O) groups is 3. The maximum atomic E-state index is 11.9. The first-order chi connectivity index (χ1) is 11.2. The standard InChI is InChI=1S/C12H25N7O5/c13-6(2-1-3-17-12(15)16)10(23)19-8(5-21)11(24)18-7(4-20)9(14)22/h6-8,20-21H,1-5,13H2,(H2,14,22)(H,18,24)(H,19,23)(H4,15,16,17)/t6-,7-,8-/m1/s1. The van der Waals surface area contributed by atoms with Crippen molar-refractivity contribution in [1.82, 2.24) is 16.0 Å². The second-order valence-corrected chi connectivity index (χ2v) is 4.98. The van der Waals surface area contributed by atoms with Crippen molar-refractivity contribution in [3.8, 4) is 0 Å². The van der Waals surface area contributed by atoms with Gasteiger partial charge in [0.2, 0.25) is 17.7 Å². The molecule has 3 atom stereocenters. The summed E-state index contributed by atoms with van der Waals surface area (Å²) in [5.74, 6) is -2.71. The van der Waals surface area contributed by atoms with E-state index in [0.29, 0.717) is 13.0 Å². The normalized spacial score (nSPS) is 14.1. The fraction of sp³-hybridized carbons (Fsp3) is 0.667. The molecule has 0 aliphatic rings. The highest BCUT2D eigenvalue weighted by Gasteiger charge is 2.26. The lowest BCUT2D eigenvalue weighted by Crippen LogP contribution is -2.57. The molecule has 0 radical (unpaired) electrons. The van der Waals surface area contributed by atoms with Crippen LogP contribution in [0.5, 0.6) is 0 Å². The second-order valence-electron chi connectivity index (χ2n) is 4.98. The predicted octanol–water partition coefficient (Wildman–Crippen LogP) is -4.98. The second kappa shape index (κ2) is 11.2. The van der Waals surface area contributed by atoms with Gasteiger partial charge >= 0.3 is 0 Å². The summed E-state index contributed by atoms with van der Waals surface area (Å²) in [6, 6.07) is -3.60. The summed E-state index contributed by atoms with van der Waals surface area (Å²) in [7, 11) is 0. The maximum Gasteiger partial charge on any atom is 0.245 e. The Labute approximate surface area is 138 Å². The zero-order valence-corrected chi connectivity index (χ0v) is 13.1. The number of carbonyl (C=O) groups excluding carboxylic acids is 3. The minimum atomic E-state index is -1.34. The predicted molar refractivity (Wildman–Crippen MR) is 84.4 cm³/mol. The van der Waals surface area contributed by atoms with Gasteiger partial charge in [0.25, 0.3) is 0 Å². The quantitative estimate of drug-likeness (QED) is 0.0995. The van der Waals surface area contributed by atoms with E-state index >= 15 is 0 Å². The number of hydrogen-bond donors (Lipinski definition) is 9. The fourth-order valence-corrected chi connectivity index (χ4v) is 1.63. The number of amides is 3. The van der Waals surface area contributed by atoms with Crippen LogP contribution in [0.1, 0.15) is 12.8 Å². The Hall–Kier alpha value is -2.44. The van der Waals surface area contributed by atoms with E-state index in [-0.39, 0.29) is 12.4 Å². The highest BCUT2D eigenvalue weighted by Crippen LogP contribution is 1.96. The van der Waals surface area contributed by atoms with Gasteiger partial charge in [0.05, 0.1) is 19.3 Å².